The molecule has 0 saturated carbocycles. The second-order valence-corrected chi connectivity index (χ2v) is 6.48. The first kappa shape index (κ1) is 18.7. The lowest BCUT2D eigenvalue weighted by atomic mass is 10.2. The van der Waals surface area contributed by atoms with Crippen LogP contribution < -0.4 is 5.32 Å². The van der Waals surface area contributed by atoms with Gasteiger partial charge in [0.1, 0.15) is 24.0 Å². The van der Waals surface area contributed by atoms with Gasteiger partial charge in [-0.2, -0.15) is 0 Å². The number of hydrogen-bond acceptors (Lipinski definition) is 4. The zero-order valence-corrected chi connectivity index (χ0v) is 14.4. The van der Waals surface area contributed by atoms with Gasteiger partial charge in [0.25, 0.3) is 11.1 Å². The lowest BCUT2D eigenvalue weighted by molar-refractivity contribution is -0.127. The molecule has 0 aromatic heterocycles. The van der Waals surface area contributed by atoms with Gasteiger partial charge in [-0.3, -0.25) is 19.3 Å². The molecular formula is C18H11F3N2O3S. The Hall–Kier alpha value is -3.07. The SMILES string of the molecule is O=C(CN1C(=O)S/C(=C/c2ccc(F)cc2)C1=O)Nc1ccc(F)cc1F. The van der Waals surface area contributed by atoms with E-state index in [2.05, 4.69) is 5.32 Å². The van der Waals surface area contributed by atoms with Crippen LogP contribution in [0.15, 0.2) is 47.4 Å². The third kappa shape index (κ3) is 4.37. The van der Waals surface area contributed by atoms with Gasteiger partial charge in [-0.05, 0) is 47.7 Å². The number of benzene rings is 2. The summed E-state index contributed by atoms with van der Waals surface area (Å²) >= 11 is 0.635. The number of nitrogens with zero attached hydrogens (tertiary/aromatic N) is 1. The van der Waals surface area contributed by atoms with Gasteiger partial charge in [-0.1, -0.05) is 12.1 Å². The topological polar surface area (TPSA) is 66.5 Å². The molecule has 1 heterocycles. The molecule has 0 aliphatic carbocycles. The fraction of sp³-hybridized carbons (Fsp3) is 0.0556. The largest absolute Gasteiger partial charge is 0.322 e. The van der Waals surface area contributed by atoms with Gasteiger partial charge in [-0.25, -0.2) is 13.2 Å². The molecule has 3 rings (SSSR count). The fourth-order valence-corrected chi connectivity index (χ4v) is 3.11. The van der Waals surface area contributed by atoms with Crippen molar-refractivity contribution >= 4 is 40.6 Å². The maximum atomic E-state index is 13.6. The molecule has 1 aliphatic rings. The second kappa shape index (κ2) is 7.67. The van der Waals surface area contributed by atoms with Crippen molar-refractivity contribution in [2.24, 2.45) is 0 Å². The molecule has 0 radical (unpaired) electrons. The molecule has 2 aromatic carbocycles. The number of amides is 3. The number of rotatable bonds is 4. The van der Waals surface area contributed by atoms with E-state index in [0.29, 0.717) is 28.3 Å². The van der Waals surface area contributed by atoms with Gasteiger partial charge in [0, 0.05) is 6.07 Å². The Bertz CT molecular complexity index is 961. The highest BCUT2D eigenvalue weighted by atomic mass is 32.2. The first-order chi connectivity index (χ1) is 12.8. The first-order valence-corrected chi connectivity index (χ1v) is 8.41. The molecule has 0 unspecified atom stereocenters. The van der Waals surface area contributed by atoms with Crippen LogP contribution in [0, 0.1) is 17.5 Å². The lowest BCUT2D eigenvalue weighted by Gasteiger charge is -2.12. The summed E-state index contributed by atoms with van der Waals surface area (Å²) in [6, 6.07) is 7.89. The molecule has 1 fully saturated rings. The molecule has 5 nitrogen and oxygen atoms in total. The molecule has 1 N–H and O–H groups in total. The average molecular weight is 392 g/mol. The van der Waals surface area contributed by atoms with Gasteiger partial charge in [0.2, 0.25) is 5.91 Å². The third-order valence-electron chi connectivity index (χ3n) is 3.55. The Morgan fingerprint density at radius 3 is 2.37 bits per heavy atom. The van der Waals surface area contributed by atoms with Gasteiger partial charge in [0.15, 0.2) is 0 Å². The number of carbonyl (C=O) groups excluding carboxylic acids is 3. The van der Waals surface area contributed by atoms with E-state index in [1.165, 1.54) is 30.3 Å². The monoisotopic (exact) mass is 392 g/mol. The Balaban J connectivity index is 1.69. The maximum absolute atomic E-state index is 13.6. The molecular weight excluding hydrogens is 381 g/mol. The summed E-state index contributed by atoms with van der Waals surface area (Å²) in [4.78, 5) is 37.1. The van der Waals surface area contributed by atoms with Crippen LogP contribution in [0.2, 0.25) is 0 Å². The summed E-state index contributed by atoms with van der Waals surface area (Å²) in [7, 11) is 0. The summed E-state index contributed by atoms with van der Waals surface area (Å²) in [5.41, 5.74) is 0.245. The summed E-state index contributed by atoms with van der Waals surface area (Å²) < 4.78 is 39.4. The highest BCUT2D eigenvalue weighted by Crippen LogP contribution is 2.32. The van der Waals surface area contributed by atoms with E-state index in [1.807, 2.05) is 0 Å². The minimum Gasteiger partial charge on any atom is -0.322 e. The number of carbonyl (C=O) groups is 3. The predicted molar refractivity (Wildman–Crippen MR) is 94.1 cm³/mol. The normalized spacial score (nSPS) is 15.5. The van der Waals surface area contributed by atoms with Crippen LogP contribution in [-0.4, -0.2) is 28.5 Å². The van der Waals surface area contributed by atoms with Crippen molar-refractivity contribution in [2.75, 3.05) is 11.9 Å². The van der Waals surface area contributed by atoms with Gasteiger partial charge < -0.3 is 5.32 Å². The van der Waals surface area contributed by atoms with Crippen molar-refractivity contribution in [3.05, 3.63) is 70.4 Å². The van der Waals surface area contributed by atoms with E-state index in [9.17, 15) is 27.6 Å². The van der Waals surface area contributed by atoms with Crippen LogP contribution in [0.3, 0.4) is 0 Å². The third-order valence-corrected chi connectivity index (χ3v) is 4.46. The summed E-state index contributed by atoms with van der Waals surface area (Å²) in [6.07, 6.45) is 1.40. The first-order valence-electron chi connectivity index (χ1n) is 7.59. The Morgan fingerprint density at radius 1 is 1.04 bits per heavy atom. The minimum atomic E-state index is -0.978. The molecule has 0 atom stereocenters. The molecule has 1 aliphatic heterocycles. The molecule has 9 heteroatoms. The van der Waals surface area contributed by atoms with Crippen LogP contribution >= 0.6 is 11.8 Å². The standard InChI is InChI=1S/C18H11F3N2O3S/c19-11-3-1-10(2-4-11)7-15-17(25)23(18(26)27-15)9-16(24)22-14-6-5-12(20)8-13(14)21/h1-8H,9H2,(H,22,24)/b15-7+. The van der Waals surface area contributed by atoms with Crippen molar-refractivity contribution in [1.82, 2.24) is 4.90 Å². The Morgan fingerprint density at radius 2 is 1.70 bits per heavy atom. The van der Waals surface area contributed by atoms with Gasteiger partial charge in [0.05, 0.1) is 10.6 Å². The van der Waals surface area contributed by atoms with Crippen molar-refractivity contribution in [3.8, 4) is 0 Å². The average Bonchev–Trinajstić information content (AvgIpc) is 2.87. The second-order valence-electron chi connectivity index (χ2n) is 5.49. The minimum absolute atomic E-state index is 0.0763. The van der Waals surface area contributed by atoms with Crippen LogP contribution in [0.5, 0.6) is 0 Å². The van der Waals surface area contributed by atoms with Crippen molar-refractivity contribution in [1.29, 1.82) is 0 Å². The fourth-order valence-electron chi connectivity index (χ4n) is 2.27. The van der Waals surface area contributed by atoms with Gasteiger partial charge >= 0.3 is 0 Å². The van der Waals surface area contributed by atoms with Crippen molar-refractivity contribution in [3.63, 3.8) is 0 Å². The summed E-state index contributed by atoms with van der Waals surface area (Å²) in [5, 5.41) is 1.52. The number of imide groups is 1. The van der Waals surface area contributed by atoms with E-state index in [1.54, 1.807) is 0 Å². The highest BCUT2D eigenvalue weighted by molar-refractivity contribution is 8.18. The number of hydrogen-bond donors (Lipinski definition) is 1. The van der Waals surface area contributed by atoms with E-state index in [-0.39, 0.29) is 10.6 Å². The zero-order chi connectivity index (χ0) is 19.6. The number of anilines is 1. The molecule has 27 heavy (non-hydrogen) atoms. The zero-order valence-electron chi connectivity index (χ0n) is 13.5. The molecule has 1 saturated heterocycles. The summed E-state index contributed by atoms with van der Waals surface area (Å²) in [6.45, 7) is -0.623. The lowest BCUT2D eigenvalue weighted by Crippen LogP contribution is -2.36. The quantitative estimate of drug-likeness (QED) is 0.805. The highest BCUT2D eigenvalue weighted by Gasteiger charge is 2.36. The number of thioether (sulfide) groups is 1. The molecule has 3 amide bonds. The summed E-state index contributed by atoms with van der Waals surface area (Å²) in [5.74, 6) is -3.73. The van der Waals surface area contributed by atoms with Crippen LogP contribution in [0.25, 0.3) is 6.08 Å². The van der Waals surface area contributed by atoms with Crippen LogP contribution in [0.1, 0.15) is 5.56 Å². The molecule has 138 valence electrons. The molecule has 0 spiro atoms. The Kier molecular flexibility index (Phi) is 5.31. The smallest absolute Gasteiger partial charge is 0.294 e. The molecule has 0 bridgehead atoms. The predicted octanol–water partition coefficient (Wildman–Crippen LogP) is 3.78. The van der Waals surface area contributed by atoms with E-state index < -0.39 is 41.0 Å². The van der Waals surface area contributed by atoms with E-state index in [4.69, 9.17) is 0 Å². The Labute approximate surface area is 155 Å². The number of nitrogens with one attached hydrogen (secondary N) is 1. The van der Waals surface area contributed by atoms with Crippen molar-refractivity contribution < 1.29 is 27.6 Å². The number of halogens is 3. The van der Waals surface area contributed by atoms with Crippen molar-refractivity contribution in [2.45, 2.75) is 0 Å². The van der Waals surface area contributed by atoms with Gasteiger partial charge in [-0.15, -0.1) is 0 Å². The van der Waals surface area contributed by atoms with Crippen LogP contribution in [-0.2, 0) is 9.59 Å². The maximum Gasteiger partial charge on any atom is 0.294 e. The van der Waals surface area contributed by atoms with Crippen LogP contribution in [0.4, 0.5) is 23.7 Å². The van der Waals surface area contributed by atoms with E-state index >= 15 is 0 Å². The molecule has 2 aromatic rings. The van der Waals surface area contributed by atoms with E-state index in [0.717, 1.165) is 12.1 Å².